The fraction of sp³-hybridized carbons (Fsp3) is 0.692. The maximum atomic E-state index is 12.4. The van der Waals surface area contributed by atoms with E-state index in [9.17, 15) is 14.4 Å². The average molecular weight is 296 g/mol. The summed E-state index contributed by atoms with van der Waals surface area (Å²) in [7, 11) is 1.58. The molecule has 1 atom stereocenters. The molecule has 1 N–H and O–H groups in total. The number of rotatable bonds is 5. The van der Waals surface area contributed by atoms with Crippen molar-refractivity contribution >= 4 is 11.9 Å². The molecule has 1 aliphatic rings. The van der Waals surface area contributed by atoms with E-state index in [-0.39, 0.29) is 30.6 Å². The molecule has 0 spiro atoms. The number of aromatic nitrogens is 3. The summed E-state index contributed by atoms with van der Waals surface area (Å²) < 4.78 is 2.44. The summed E-state index contributed by atoms with van der Waals surface area (Å²) in [6.07, 6.45) is 4.60. The maximum absolute atomic E-state index is 12.4. The van der Waals surface area contributed by atoms with Crippen molar-refractivity contribution in [2.24, 2.45) is 7.05 Å². The van der Waals surface area contributed by atoms with Crippen molar-refractivity contribution < 1.29 is 14.7 Å². The summed E-state index contributed by atoms with van der Waals surface area (Å²) in [6, 6.07) is -0.0539. The van der Waals surface area contributed by atoms with E-state index in [1.807, 2.05) is 0 Å². The number of aryl methyl sites for hydroxylation is 1. The zero-order valence-electron chi connectivity index (χ0n) is 12.1. The number of hydrogen-bond donors (Lipinski definition) is 1. The first-order valence-electron chi connectivity index (χ1n) is 7.08. The number of hydrogen-bond acceptors (Lipinski definition) is 4. The van der Waals surface area contributed by atoms with E-state index >= 15 is 0 Å². The van der Waals surface area contributed by atoms with E-state index < -0.39 is 5.97 Å². The predicted molar refractivity (Wildman–Crippen MR) is 73.7 cm³/mol. The Bertz CT molecular complexity index is 577. The lowest BCUT2D eigenvalue weighted by molar-refractivity contribution is -0.140. The number of nitrogens with zero attached hydrogens (tertiary/aromatic N) is 4. The summed E-state index contributed by atoms with van der Waals surface area (Å²) in [5.41, 5.74) is -0.331. The van der Waals surface area contributed by atoms with E-state index in [0.29, 0.717) is 13.0 Å². The van der Waals surface area contributed by atoms with Gasteiger partial charge in [0.2, 0.25) is 5.91 Å². The van der Waals surface area contributed by atoms with Gasteiger partial charge in [-0.1, -0.05) is 0 Å². The van der Waals surface area contributed by atoms with Crippen LogP contribution in [0, 0.1) is 0 Å². The van der Waals surface area contributed by atoms with E-state index in [0.717, 1.165) is 23.9 Å². The highest BCUT2D eigenvalue weighted by atomic mass is 16.4. The van der Waals surface area contributed by atoms with Crippen LogP contribution in [0.5, 0.6) is 0 Å². The van der Waals surface area contributed by atoms with Crippen LogP contribution in [-0.4, -0.2) is 48.8 Å². The molecule has 21 heavy (non-hydrogen) atoms. The third-order valence-electron chi connectivity index (χ3n) is 3.81. The van der Waals surface area contributed by atoms with Gasteiger partial charge in [-0.05, 0) is 25.7 Å². The van der Waals surface area contributed by atoms with Gasteiger partial charge in [0.05, 0.1) is 0 Å². The van der Waals surface area contributed by atoms with Crippen molar-refractivity contribution in [3.63, 3.8) is 0 Å². The van der Waals surface area contributed by atoms with Gasteiger partial charge in [-0.15, -0.1) is 0 Å². The fourth-order valence-corrected chi connectivity index (χ4v) is 2.67. The zero-order chi connectivity index (χ0) is 15.4. The Labute approximate surface area is 122 Å². The van der Waals surface area contributed by atoms with Gasteiger partial charge in [-0.2, -0.15) is 5.10 Å². The van der Waals surface area contributed by atoms with Crippen LogP contribution in [0.3, 0.4) is 0 Å². The minimum atomic E-state index is -0.853. The summed E-state index contributed by atoms with van der Waals surface area (Å²) in [4.78, 5) is 36.4. The Morgan fingerprint density at radius 1 is 1.43 bits per heavy atom. The maximum Gasteiger partial charge on any atom is 0.345 e. The van der Waals surface area contributed by atoms with Crippen LogP contribution < -0.4 is 5.69 Å². The second-order valence-corrected chi connectivity index (χ2v) is 5.35. The van der Waals surface area contributed by atoms with Crippen molar-refractivity contribution in [2.45, 2.75) is 44.7 Å². The topological polar surface area (TPSA) is 97.4 Å². The molecular formula is C13H20N4O4. The van der Waals surface area contributed by atoms with Crippen LogP contribution in [0.4, 0.5) is 0 Å². The monoisotopic (exact) mass is 296 g/mol. The van der Waals surface area contributed by atoms with Crippen LogP contribution in [-0.2, 0) is 23.2 Å². The van der Waals surface area contributed by atoms with E-state index in [1.165, 1.54) is 10.9 Å². The quantitative estimate of drug-likeness (QED) is 0.813. The van der Waals surface area contributed by atoms with Crippen LogP contribution in [0.2, 0.25) is 0 Å². The third kappa shape index (κ3) is 3.71. The average Bonchev–Trinajstić information content (AvgIpc) is 2.77. The molecule has 1 amide bonds. The number of aliphatic carboxylic acids is 1. The molecule has 2 rings (SSSR count). The van der Waals surface area contributed by atoms with Crippen molar-refractivity contribution in [1.82, 2.24) is 19.2 Å². The van der Waals surface area contributed by atoms with Crippen molar-refractivity contribution in [3.8, 4) is 0 Å². The molecule has 1 aromatic heterocycles. The highest BCUT2D eigenvalue weighted by Gasteiger charge is 2.27. The summed E-state index contributed by atoms with van der Waals surface area (Å²) in [5.74, 6) is -1.03. The number of likely N-dealkylation sites (tertiary alicyclic amines) is 1. The van der Waals surface area contributed by atoms with Gasteiger partial charge in [0.1, 0.15) is 12.9 Å². The molecule has 8 nitrogen and oxygen atoms in total. The number of carboxylic acids is 1. The first-order valence-corrected chi connectivity index (χ1v) is 7.08. The lowest BCUT2D eigenvalue weighted by Crippen LogP contribution is -2.46. The number of amides is 1. The van der Waals surface area contributed by atoms with Crippen LogP contribution in [0.25, 0.3) is 0 Å². The predicted octanol–water partition coefficient (Wildman–Crippen LogP) is -0.172. The highest BCUT2D eigenvalue weighted by Crippen LogP contribution is 2.21. The SMILES string of the molecule is Cn1cnn(CC(=O)N2CCCCC2CCC(=O)O)c1=O. The lowest BCUT2D eigenvalue weighted by atomic mass is 9.98. The van der Waals surface area contributed by atoms with Crippen LogP contribution in [0.1, 0.15) is 32.1 Å². The first kappa shape index (κ1) is 15.3. The molecule has 1 aromatic rings. The molecular weight excluding hydrogens is 276 g/mol. The van der Waals surface area contributed by atoms with Gasteiger partial charge in [-0.25, -0.2) is 9.48 Å². The summed E-state index contributed by atoms with van der Waals surface area (Å²) in [5, 5.41) is 12.7. The van der Waals surface area contributed by atoms with Crippen LogP contribution >= 0.6 is 0 Å². The minimum Gasteiger partial charge on any atom is -0.481 e. The molecule has 1 aliphatic heterocycles. The number of piperidine rings is 1. The minimum absolute atomic E-state index is 0.0536. The second-order valence-electron chi connectivity index (χ2n) is 5.35. The van der Waals surface area contributed by atoms with Crippen molar-refractivity contribution in [2.75, 3.05) is 6.54 Å². The molecule has 0 aromatic carbocycles. The number of carbonyl (C=O) groups is 2. The van der Waals surface area contributed by atoms with E-state index in [4.69, 9.17) is 5.11 Å². The molecule has 116 valence electrons. The second kappa shape index (κ2) is 6.55. The smallest absolute Gasteiger partial charge is 0.345 e. The third-order valence-corrected chi connectivity index (χ3v) is 3.81. The Morgan fingerprint density at radius 3 is 2.81 bits per heavy atom. The summed E-state index contributed by atoms with van der Waals surface area (Å²) in [6.45, 7) is 0.522. The molecule has 0 aliphatic carbocycles. The normalized spacial score (nSPS) is 18.7. The Balaban J connectivity index is 2.02. The Kier molecular flexibility index (Phi) is 4.77. The largest absolute Gasteiger partial charge is 0.481 e. The van der Waals surface area contributed by atoms with E-state index in [2.05, 4.69) is 5.10 Å². The molecule has 1 fully saturated rings. The highest BCUT2D eigenvalue weighted by molar-refractivity contribution is 5.76. The van der Waals surface area contributed by atoms with Gasteiger partial charge in [0.25, 0.3) is 0 Å². The number of carbonyl (C=O) groups excluding carboxylic acids is 1. The molecule has 1 saturated heterocycles. The molecule has 1 unspecified atom stereocenters. The van der Waals surface area contributed by atoms with Crippen molar-refractivity contribution in [1.29, 1.82) is 0 Å². The van der Waals surface area contributed by atoms with Gasteiger partial charge < -0.3 is 10.0 Å². The van der Waals surface area contributed by atoms with Gasteiger partial charge >= 0.3 is 11.7 Å². The lowest BCUT2D eigenvalue weighted by Gasteiger charge is -2.35. The molecule has 2 heterocycles. The molecule has 8 heteroatoms. The standard InChI is InChI=1S/C13H20N4O4/c1-15-9-14-17(13(15)21)8-11(18)16-7-3-2-4-10(16)5-6-12(19)20/h9-10H,2-8H2,1H3,(H,19,20). The van der Waals surface area contributed by atoms with Crippen LogP contribution in [0.15, 0.2) is 11.1 Å². The van der Waals surface area contributed by atoms with Gasteiger partial charge in [0, 0.05) is 26.1 Å². The Morgan fingerprint density at radius 2 is 2.19 bits per heavy atom. The molecule has 0 bridgehead atoms. The first-order chi connectivity index (χ1) is 9.99. The van der Waals surface area contributed by atoms with Crippen molar-refractivity contribution in [3.05, 3.63) is 16.8 Å². The fourth-order valence-electron chi connectivity index (χ4n) is 2.67. The molecule has 0 saturated carbocycles. The van der Waals surface area contributed by atoms with E-state index in [1.54, 1.807) is 11.9 Å². The number of carboxylic acid groups (broad SMARTS) is 1. The van der Waals surface area contributed by atoms with Gasteiger partial charge in [-0.3, -0.25) is 14.2 Å². The Hall–Kier alpha value is -2.12. The molecule has 0 radical (unpaired) electrons. The van der Waals surface area contributed by atoms with Gasteiger partial charge in [0.15, 0.2) is 0 Å². The zero-order valence-corrected chi connectivity index (χ0v) is 12.1. The summed E-state index contributed by atoms with van der Waals surface area (Å²) >= 11 is 0.